The van der Waals surface area contributed by atoms with E-state index < -0.39 is 16.0 Å². The van der Waals surface area contributed by atoms with Crippen LogP contribution in [0.3, 0.4) is 0 Å². The molecule has 6 heteroatoms. The van der Waals surface area contributed by atoms with Crippen molar-refractivity contribution in [2.24, 2.45) is 0 Å². The molecule has 1 amide bonds. The molecule has 0 heterocycles. The predicted molar refractivity (Wildman–Crippen MR) is 72.7 cm³/mol. The highest BCUT2D eigenvalue weighted by Gasteiger charge is 2.19. The molecule has 0 aromatic heterocycles. The normalized spacial score (nSPS) is 12.7. The number of benzene rings is 1. The van der Waals surface area contributed by atoms with Gasteiger partial charge in [0.1, 0.15) is 0 Å². The number of rotatable bonds is 6. The number of carbonyl (C=O) groups is 1. The summed E-state index contributed by atoms with van der Waals surface area (Å²) < 4.78 is 27.8. The fourth-order valence-corrected chi connectivity index (χ4v) is 2.48. The van der Waals surface area contributed by atoms with Crippen LogP contribution in [0, 0.1) is 0 Å². The minimum Gasteiger partial charge on any atom is -0.267 e. The molecule has 1 aromatic rings. The third kappa shape index (κ3) is 5.23. The number of hydrogen-bond donors (Lipinski definition) is 1. The van der Waals surface area contributed by atoms with Gasteiger partial charge >= 0.3 is 0 Å². The van der Waals surface area contributed by atoms with Gasteiger partial charge in [-0.15, -0.1) is 4.28 Å². The Labute approximate surface area is 113 Å². The van der Waals surface area contributed by atoms with E-state index in [1.54, 1.807) is 6.92 Å². The lowest BCUT2D eigenvalue weighted by atomic mass is 10.0. The van der Waals surface area contributed by atoms with E-state index >= 15 is 0 Å². The Hall–Kier alpha value is -1.66. The topological polar surface area (TPSA) is 72.5 Å². The van der Waals surface area contributed by atoms with Crippen LogP contribution in [0.2, 0.25) is 0 Å². The Balaban J connectivity index is 2.60. The Kier molecular flexibility index (Phi) is 5.26. The van der Waals surface area contributed by atoms with Crippen molar-refractivity contribution in [3.05, 3.63) is 48.0 Å². The second-order valence-corrected chi connectivity index (χ2v) is 5.95. The summed E-state index contributed by atoms with van der Waals surface area (Å²) in [6, 6.07) is 9.21. The van der Waals surface area contributed by atoms with Gasteiger partial charge in [-0.1, -0.05) is 43.8 Å². The van der Waals surface area contributed by atoms with Crippen LogP contribution in [0.25, 0.3) is 0 Å². The van der Waals surface area contributed by atoms with Crippen molar-refractivity contribution < 1.29 is 17.5 Å². The van der Waals surface area contributed by atoms with Gasteiger partial charge in [0.2, 0.25) is 0 Å². The fraction of sp³-hybridized carbons (Fsp3) is 0.308. The molecule has 1 N–H and O–H groups in total. The Morgan fingerprint density at radius 1 is 1.37 bits per heavy atom. The lowest BCUT2D eigenvalue weighted by Gasteiger charge is -2.12. The van der Waals surface area contributed by atoms with Gasteiger partial charge in [-0.3, -0.25) is 4.79 Å². The van der Waals surface area contributed by atoms with Crippen molar-refractivity contribution in [3.63, 3.8) is 0 Å². The SMILES string of the molecule is C=C(C)C(=O)NOS(=O)(=O)CC(C)c1ccccc1. The first-order valence-corrected chi connectivity index (χ1v) is 7.31. The highest BCUT2D eigenvalue weighted by atomic mass is 32.2. The summed E-state index contributed by atoms with van der Waals surface area (Å²) >= 11 is 0. The molecular formula is C13H17NO4S. The van der Waals surface area contributed by atoms with Crippen molar-refractivity contribution in [2.45, 2.75) is 19.8 Å². The third-order valence-electron chi connectivity index (χ3n) is 2.47. The molecule has 0 aliphatic carbocycles. The number of nitrogens with one attached hydrogen (secondary N) is 1. The van der Waals surface area contributed by atoms with E-state index in [1.807, 2.05) is 35.8 Å². The summed E-state index contributed by atoms with van der Waals surface area (Å²) in [4.78, 5) is 11.1. The van der Waals surface area contributed by atoms with Crippen LogP contribution in [-0.2, 0) is 19.2 Å². The summed E-state index contributed by atoms with van der Waals surface area (Å²) in [6.07, 6.45) is 0. The minimum absolute atomic E-state index is 0.173. The zero-order valence-corrected chi connectivity index (χ0v) is 11.7. The van der Waals surface area contributed by atoms with Gasteiger partial charge in [0, 0.05) is 5.57 Å². The summed E-state index contributed by atoms with van der Waals surface area (Å²) in [5.74, 6) is -1.10. The largest absolute Gasteiger partial charge is 0.288 e. The molecule has 0 saturated heterocycles. The first-order chi connectivity index (χ1) is 8.82. The van der Waals surface area contributed by atoms with Crippen molar-refractivity contribution >= 4 is 16.0 Å². The monoisotopic (exact) mass is 283 g/mol. The standard InChI is InChI=1S/C13H17NO4S/c1-10(2)13(15)14-18-19(16,17)9-11(3)12-7-5-4-6-8-12/h4-8,11H,1,9H2,2-3H3,(H,14,15). The molecule has 104 valence electrons. The zero-order chi connectivity index (χ0) is 14.5. The molecule has 1 unspecified atom stereocenters. The summed E-state index contributed by atoms with van der Waals surface area (Å²) in [5.41, 5.74) is 2.91. The number of carbonyl (C=O) groups excluding carboxylic acids is 1. The molecule has 0 radical (unpaired) electrons. The van der Waals surface area contributed by atoms with Gasteiger partial charge in [-0.05, 0) is 18.4 Å². The Morgan fingerprint density at radius 3 is 2.47 bits per heavy atom. The minimum atomic E-state index is -3.83. The summed E-state index contributed by atoms with van der Waals surface area (Å²) in [5, 5.41) is 0. The van der Waals surface area contributed by atoms with Crippen molar-refractivity contribution in [1.29, 1.82) is 0 Å². The number of amides is 1. The van der Waals surface area contributed by atoms with E-state index in [9.17, 15) is 13.2 Å². The van der Waals surface area contributed by atoms with Gasteiger partial charge in [-0.25, -0.2) is 5.48 Å². The lowest BCUT2D eigenvalue weighted by molar-refractivity contribution is -0.123. The average Bonchev–Trinajstić information content (AvgIpc) is 2.36. The van der Waals surface area contributed by atoms with Gasteiger partial charge in [0.15, 0.2) is 0 Å². The maximum atomic E-state index is 11.7. The van der Waals surface area contributed by atoms with Crippen molar-refractivity contribution in [1.82, 2.24) is 5.48 Å². The molecule has 0 spiro atoms. The van der Waals surface area contributed by atoms with Gasteiger partial charge in [-0.2, -0.15) is 8.42 Å². The van der Waals surface area contributed by atoms with Crippen molar-refractivity contribution in [2.75, 3.05) is 5.75 Å². The van der Waals surface area contributed by atoms with Gasteiger partial charge in [0.05, 0.1) is 5.75 Å². The average molecular weight is 283 g/mol. The van der Waals surface area contributed by atoms with Crippen LogP contribution in [-0.4, -0.2) is 20.1 Å². The Bertz CT molecular complexity index is 551. The van der Waals surface area contributed by atoms with Crippen molar-refractivity contribution in [3.8, 4) is 0 Å². The molecule has 0 fully saturated rings. The van der Waals surface area contributed by atoms with E-state index in [4.69, 9.17) is 0 Å². The highest BCUT2D eigenvalue weighted by Crippen LogP contribution is 2.17. The fourth-order valence-electron chi connectivity index (χ4n) is 1.41. The van der Waals surface area contributed by atoms with Gasteiger partial charge < -0.3 is 0 Å². The maximum Gasteiger partial charge on any atom is 0.288 e. The first kappa shape index (κ1) is 15.4. The second kappa shape index (κ2) is 6.49. The number of hydrogen-bond acceptors (Lipinski definition) is 4. The van der Waals surface area contributed by atoms with E-state index in [2.05, 4.69) is 10.9 Å². The van der Waals surface area contributed by atoms with E-state index in [0.29, 0.717) is 0 Å². The van der Waals surface area contributed by atoms with Crippen LogP contribution in [0.4, 0.5) is 0 Å². The van der Waals surface area contributed by atoms with E-state index in [0.717, 1.165) is 5.56 Å². The molecule has 0 aliphatic heterocycles. The lowest BCUT2D eigenvalue weighted by Crippen LogP contribution is -2.29. The van der Waals surface area contributed by atoms with Crippen LogP contribution in [0.15, 0.2) is 42.5 Å². The van der Waals surface area contributed by atoms with E-state index in [-0.39, 0.29) is 17.2 Å². The zero-order valence-electron chi connectivity index (χ0n) is 10.9. The smallest absolute Gasteiger partial charge is 0.267 e. The Morgan fingerprint density at radius 2 is 1.95 bits per heavy atom. The summed E-state index contributed by atoms with van der Waals surface area (Å²) in [7, 11) is -3.83. The summed E-state index contributed by atoms with van der Waals surface area (Å²) in [6.45, 7) is 6.61. The molecule has 1 rings (SSSR count). The maximum absolute atomic E-state index is 11.7. The quantitative estimate of drug-likeness (QED) is 0.637. The molecule has 5 nitrogen and oxygen atoms in total. The predicted octanol–water partition coefficient (Wildman–Crippen LogP) is 1.74. The molecule has 0 bridgehead atoms. The van der Waals surface area contributed by atoms with Crippen LogP contribution < -0.4 is 5.48 Å². The molecule has 1 aromatic carbocycles. The van der Waals surface area contributed by atoms with Crippen LogP contribution in [0.5, 0.6) is 0 Å². The third-order valence-corrected chi connectivity index (χ3v) is 3.72. The second-order valence-electron chi connectivity index (χ2n) is 4.33. The highest BCUT2D eigenvalue weighted by molar-refractivity contribution is 7.86. The molecule has 19 heavy (non-hydrogen) atoms. The molecule has 1 atom stereocenters. The molecule has 0 saturated carbocycles. The van der Waals surface area contributed by atoms with Gasteiger partial charge in [0.25, 0.3) is 16.0 Å². The molecule has 0 aliphatic rings. The van der Waals surface area contributed by atoms with E-state index in [1.165, 1.54) is 6.92 Å². The van der Waals surface area contributed by atoms with Crippen LogP contribution >= 0.6 is 0 Å². The van der Waals surface area contributed by atoms with Crippen LogP contribution in [0.1, 0.15) is 25.3 Å². The molecular weight excluding hydrogens is 266 g/mol. The number of hydroxylamine groups is 1. The first-order valence-electron chi connectivity index (χ1n) is 5.74.